The Labute approximate surface area is 231 Å². The first-order chi connectivity index (χ1) is 18.7. The first kappa shape index (κ1) is 26.7. The van der Waals surface area contributed by atoms with E-state index in [-0.39, 0.29) is 30.3 Å². The molecule has 5 rings (SSSR count). The van der Waals surface area contributed by atoms with Crippen molar-refractivity contribution in [3.05, 3.63) is 76.9 Å². The van der Waals surface area contributed by atoms with Gasteiger partial charge in [0.05, 0.1) is 23.1 Å². The molecule has 0 fully saturated rings. The lowest BCUT2D eigenvalue weighted by molar-refractivity contribution is -0.145. The van der Waals surface area contributed by atoms with Gasteiger partial charge in [-0.25, -0.2) is 4.79 Å². The van der Waals surface area contributed by atoms with Gasteiger partial charge in [0.25, 0.3) is 0 Å². The van der Waals surface area contributed by atoms with Crippen molar-refractivity contribution in [2.75, 3.05) is 12.9 Å². The summed E-state index contributed by atoms with van der Waals surface area (Å²) in [6.07, 6.45) is 2.01. The van der Waals surface area contributed by atoms with Gasteiger partial charge in [0.2, 0.25) is 5.78 Å². The van der Waals surface area contributed by atoms with Crippen molar-refractivity contribution >= 4 is 56.8 Å². The molecule has 2 heterocycles. The molecule has 39 heavy (non-hydrogen) atoms. The molecule has 0 unspecified atom stereocenters. The number of aromatic nitrogens is 1. The smallest absolute Gasteiger partial charge is 0.350 e. The molecular weight excluding hydrogens is 512 g/mol. The minimum Gasteiger partial charge on any atom is -0.492 e. The van der Waals surface area contributed by atoms with Gasteiger partial charge in [0, 0.05) is 35.0 Å². The Morgan fingerprint density at radius 2 is 1.85 bits per heavy atom. The van der Waals surface area contributed by atoms with Gasteiger partial charge in [-0.3, -0.25) is 9.59 Å². The highest BCUT2D eigenvalue weighted by atomic mass is 32.2. The second-order valence-electron chi connectivity index (χ2n) is 10.0. The Bertz CT molecular complexity index is 1680. The summed E-state index contributed by atoms with van der Waals surface area (Å²) in [4.78, 5) is 44.6. The molecule has 4 aromatic rings. The summed E-state index contributed by atoms with van der Waals surface area (Å²) in [5, 5.41) is 5.57. The Balaban J connectivity index is 1.63. The molecule has 1 aromatic heterocycles. The topological polar surface area (TPSA) is 87.0 Å². The average Bonchev–Trinajstić information content (AvgIpc) is 3.17. The lowest BCUT2D eigenvalue weighted by Crippen LogP contribution is -2.29. The number of oxime groups is 1. The van der Waals surface area contributed by atoms with Gasteiger partial charge in [0.15, 0.2) is 5.78 Å². The fourth-order valence-electron chi connectivity index (χ4n) is 4.85. The molecule has 0 aliphatic carbocycles. The minimum absolute atomic E-state index is 0.0594. The van der Waals surface area contributed by atoms with E-state index in [0.29, 0.717) is 29.0 Å². The third kappa shape index (κ3) is 4.63. The number of Topliss-reactive ketones (excluding diaryl/α,β-unsaturated/α-hetero) is 1. The number of benzene rings is 3. The van der Waals surface area contributed by atoms with E-state index < -0.39 is 10.7 Å². The standard InChI is InChI=1S/C31H30N2O5S/c1-6-33-24-13-11-19(27(34)20-10-8-7-9-18(20)2)17-22(24)26-25(33)14-12-21-28(35)23(15-16-37-29(21)26)32-38-30(36)31(3,4)39-5/h7-14,17H,6,15-16H2,1-5H3/b32-23+. The van der Waals surface area contributed by atoms with Crippen molar-refractivity contribution in [2.24, 2.45) is 5.16 Å². The van der Waals surface area contributed by atoms with Gasteiger partial charge in [0.1, 0.15) is 16.2 Å². The molecule has 0 spiro atoms. The molecule has 0 N–H and O–H groups in total. The van der Waals surface area contributed by atoms with Crippen LogP contribution in [0.15, 0.2) is 59.8 Å². The summed E-state index contributed by atoms with van der Waals surface area (Å²) in [5.41, 5.74) is 4.47. The summed E-state index contributed by atoms with van der Waals surface area (Å²) < 4.78 is 7.55. The van der Waals surface area contributed by atoms with E-state index >= 15 is 0 Å². The lowest BCUT2D eigenvalue weighted by atomic mass is 9.97. The van der Waals surface area contributed by atoms with Gasteiger partial charge in [-0.15, -0.1) is 11.8 Å². The second-order valence-corrected chi connectivity index (χ2v) is 11.4. The van der Waals surface area contributed by atoms with E-state index in [1.54, 1.807) is 19.9 Å². The number of hydrogen-bond donors (Lipinski definition) is 0. The lowest BCUT2D eigenvalue weighted by Gasteiger charge is -2.17. The number of nitrogens with zero attached hydrogens (tertiary/aromatic N) is 2. The largest absolute Gasteiger partial charge is 0.492 e. The van der Waals surface area contributed by atoms with Crippen LogP contribution in [0.1, 0.15) is 59.0 Å². The molecule has 3 aromatic carbocycles. The number of thioether (sulfide) groups is 1. The van der Waals surface area contributed by atoms with Crippen molar-refractivity contribution in [1.82, 2.24) is 4.57 Å². The first-order valence-corrected chi connectivity index (χ1v) is 14.1. The van der Waals surface area contributed by atoms with Crippen LogP contribution in [0.2, 0.25) is 0 Å². The predicted octanol–water partition coefficient (Wildman–Crippen LogP) is 6.36. The molecule has 1 aliphatic heterocycles. The SMILES string of the molecule is CCn1c2ccc(C(=O)c3ccccc3C)cc2c2c3c(ccc21)C(=O)/C(=N/OC(=O)C(C)(C)SC)CCO3. The number of ether oxygens (including phenoxy) is 1. The zero-order valence-electron chi connectivity index (χ0n) is 22.7. The van der Waals surface area contributed by atoms with Crippen LogP contribution in [-0.2, 0) is 16.2 Å². The number of ketones is 2. The number of aryl methyl sites for hydroxylation is 2. The van der Waals surface area contributed by atoms with Crippen molar-refractivity contribution < 1.29 is 24.0 Å². The molecule has 0 atom stereocenters. The molecule has 200 valence electrons. The van der Waals surface area contributed by atoms with Crippen LogP contribution in [0.25, 0.3) is 21.8 Å². The van der Waals surface area contributed by atoms with Crippen LogP contribution in [0.3, 0.4) is 0 Å². The van der Waals surface area contributed by atoms with Crippen LogP contribution in [0.5, 0.6) is 5.75 Å². The van der Waals surface area contributed by atoms with Gasteiger partial charge >= 0.3 is 5.97 Å². The summed E-state index contributed by atoms with van der Waals surface area (Å²) in [6.45, 7) is 8.36. The van der Waals surface area contributed by atoms with Crippen LogP contribution in [0.4, 0.5) is 0 Å². The molecular formula is C31H30N2O5S. The summed E-state index contributed by atoms with van der Waals surface area (Å²) in [5.74, 6) is -0.469. The van der Waals surface area contributed by atoms with Crippen LogP contribution < -0.4 is 4.74 Å². The zero-order valence-corrected chi connectivity index (χ0v) is 23.5. The Hall–Kier alpha value is -3.91. The zero-order chi connectivity index (χ0) is 27.9. The van der Waals surface area contributed by atoms with E-state index in [9.17, 15) is 14.4 Å². The number of carbonyl (C=O) groups is 3. The summed E-state index contributed by atoms with van der Waals surface area (Å²) in [6, 6.07) is 16.9. The number of hydrogen-bond acceptors (Lipinski definition) is 7. The fraction of sp³-hybridized carbons (Fsp3) is 0.290. The maximum Gasteiger partial charge on any atom is 0.350 e. The third-order valence-corrected chi connectivity index (χ3v) is 8.47. The summed E-state index contributed by atoms with van der Waals surface area (Å²) >= 11 is 1.34. The second kappa shape index (κ2) is 10.3. The minimum atomic E-state index is -0.784. The highest BCUT2D eigenvalue weighted by Crippen LogP contribution is 2.40. The van der Waals surface area contributed by atoms with Crippen LogP contribution in [0, 0.1) is 6.92 Å². The van der Waals surface area contributed by atoms with Crippen molar-refractivity contribution in [3.63, 3.8) is 0 Å². The monoisotopic (exact) mass is 542 g/mol. The van der Waals surface area contributed by atoms with Gasteiger partial charge in [-0.05, 0) is 69.8 Å². The van der Waals surface area contributed by atoms with E-state index in [4.69, 9.17) is 9.57 Å². The Morgan fingerprint density at radius 3 is 2.56 bits per heavy atom. The predicted molar refractivity (Wildman–Crippen MR) is 155 cm³/mol. The highest BCUT2D eigenvalue weighted by molar-refractivity contribution is 8.00. The molecule has 8 heteroatoms. The molecule has 0 saturated heterocycles. The molecule has 1 aliphatic rings. The van der Waals surface area contributed by atoms with Gasteiger partial charge in [-0.2, -0.15) is 0 Å². The Kier molecular flexibility index (Phi) is 7.07. The van der Waals surface area contributed by atoms with E-state index in [0.717, 1.165) is 27.4 Å². The van der Waals surface area contributed by atoms with E-state index in [2.05, 4.69) is 16.6 Å². The Morgan fingerprint density at radius 1 is 1.10 bits per heavy atom. The molecule has 0 radical (unpaired) electrons. The van der Waals surface area contributed by atoms with Crippen LogP contribution in [-0.4, -0.2) is 45.4 Å². The van der Waals surface area contributed by atoms with E-state index in [1.165, 1.54) is 11.8 Å². The van der Waals surface area contributed by atoms with Crippen LogP contribution >= 0.6 is 11.8 Å². The fourth-order valence-corrected chi connectivity index (χ4v) is 5.05. The number of rotatable bonds is 6. The van der Waals surface area contributed by atoms with Gasteiger partial charge in [-0.1, -0.05) is 29.4 Å². The molecule has 7 nitrogen and oxygen atoms in total. The normalized spacial score (nSPS) is 14.8. The maximum absolute atomic E-state index is 13.6. The number of carbonyl (C=O) groups excluding carboxylic acids is 3. The van der Waals surface area contributed by atoms with Crippen molar-refractivity contribution in [2.45, 2.75) is 45.4 Å². The van der Waals surface area contributed by atoms with Crippen molar-refractivity contribution in [1.29, 1.82) is 0 Å². The number of fused-ring (bicyclic) bond motifs is 5. The van der Waals surface area contributed by atoms with Gasteiger partial charge < -0.3 is 14.1 Å². The first-order valence-electron chi connectivity index (χ1n) is 12.9. The van der Waals surface area contributed by atoms with E-state index in [1.807, 2.05) is 61.7 Å². The summed E-state index contributed by atoms with van der Waals surface area (Å²) in [7, 11) is 0. The van der Waals surface area contributed by atoms with Crippen molar-refractivity contribution in [3.8, 4) is 5.75 Å². The maximum atomic E-state index is 13.6. The molecule has 0 bridgehead atoms. The molecule has 0 saturated carbocycles. The third-order valence-electron chi connectivity index (χ3n) is 7.28. The molecule has 0 amide bonds. The average molecular weight is 543 g/mol. The quantitative estimate of drug-likeness (QED) is 0.160. The highest BCUT2D eigenvalue weighted by Gasteiger charge is 2.31.